The second kappa shape index (κ2) is 8.52. The summed E-state index contributed by atoms with van der Waals surface area (Å²) in [5.41, 5.74) is 0.857. The van der Waals surface area contributed by atoms with Gasteiger partial charge in [0, 0.05) is 13.1 Å². The van der Waals surface area contributed by atoms with Gasteiger partial charge in [-0.1, -0.05) is 35.5 Å². The number of nitrogens with zero attached hydrogens (tertiary/aromatic N) is 3. The molecule has 0 saturated carbocycles. The molecule has 2 N–H and O–H groups in total. The van der Waals surface area contributed by atoms with E-state index in [0.29, 0.717) is 13.1 Å². The third kappa shape index (κ3) is 5.77. The predicted octanol–water partition coefficient (Wildman–Crippen LogP) is 1.68. The lowest BCUT2D eigenvalue weighted by molar-refractivity contribution is 0.0690. The van der Waals surface area contributed by atoms with Gasteiger partial charge in [-0.05, 0) is 18.4 Å². The van der Waals surface area contributed by atoms with Crippen LogP contribution in [0.3, 0.4) is 0 Å². The second-order valence-corrected chi connectivity index (χ2v) is 4.87. The van der Waals surface area contributed by atoms with Crippen molar-refractivity contribution in [1.29, 1.82) is 0 Å². The molecular formula is C15H18N4O4. The maximum atomic E-state index is 11.5. The summed E-state index contributed by atoms with van der Waals surface area (Å²) in [4.78, 5) is 22.2. The Morgan fingerprint density at radius 2 is 2.00 bits per heavy atom. The van der Waals surface area contributed by atoms with Gasteiger partial charge in [-0.15, -0.1) is 5.10 Å². The van der Waals surface area contributed by atoms with Crippen molar-refractivity contribution < 1.29 is 19.4 Å². The first-order valence-corrected chi connectivity index (χ1v) is 7.23. The summed E-state index contributed by atoms with van der Waals surface area (Å²) >= 11 is 0. The van der Waals surface area contributed by atoms with Crippen LogP contribution in [0.1, 0.15) is 28.9 Å². The highest BCUT2D eigenvalue weighted by Gasteiger charge is 2.07. The summed E-state index contributed by atoms with van der Waals surface area (Å²) in [6.45, 7) is 1.26. The molecule has 8 heteroatoms. The Hall–Kier alpha value is -2.90. The van der Waals surface area contributed by atoms with Gasteiger partial charge in [0.2, 0.25) is 0 Å². The van der Waals surface area contributed by atoms with Crippen LogP contribution in [0.4, 0.5) is 4.79 Å². The number of benzene rings is 1. The molecule has 0 aliphatic heterocycles. The van der Waals surface area contributed by atoms with Crippen molar-refractivity contribution >= 4 is 12.1 Å². The van der Waals surface area contributed by atoms with E-state index >= 15 is 0 Å². The van der Waals surface area contributed by atoms with E-state index in [4.69, 9.17) is 9.84 Å². The molecule has 0 unspecified atom stereocenters. The maximum Gasteiger partial charge on any atom is 0.407 e. The lowest BCUT2D eigenvalue weighted by Crippen LogP contribution is -2.25. The third-order valence-corrected chi connectivity index (χ3v) is 3.05. The van der Waals surface area contributed by atoms with Gasteiger partial charge >= 0.3 is 12.1 Å². The summed E-state index contributed by atoms with van der Waals surface area (Å²) in [5, 5.41) is 18.6. The molecule has 23 heavy (non-hydrogen) atoms. The average Bonchev–Trinajstić information content (AvgIpc) is 3.03. The molecule has 0 aliphatic carbocycles. The van der Waals surface area contributed by atoms with Crippen molar-refractivity contribution in [3.63, 3.8) is 0 Å². The topological polar surface area (TPSA) is 106 Å². The lowest BCUT2D eigenvalue weighted by atomic mass is 10.2. The first kappa shape index (κ1) is 16.5. The van der Waals surface area contributed by atoms with Crippen LogP contribution in [0, 0.1) is 0 Å². The fourth-order valence-electron chi connectivity index (χ4n) is 1.87. The molecule has 2 aromatic rings. The van der Waals surface area contributed by atoms with Gasteiger partial charge in [-0.3, -0.25) is 4.68 Å². The van der Waals surface area contributed by atoms with Crippen molar-refractivity contribution in [2.24, 2.45) is 0 Å². The second-order valence-electron chi connectivity index (χ2n) is 4.87. The van der Waals surface area contributed by atoms with Gasteiger partial charge in [0.25, 0.3) is 0 Å². The van der Waals surface area contributed by atoms with Crippen LogP contribution in [0.25, 0.3) is 0 Å². The number of carboxylic acid groups (broad SMARTS) is 1. The lowest BCUT2D eigenvalue weighted by Gasteiger charge is -2.07. The predicted molar refractivity (Wildman–Crippen MR) is 80.8 cm³/mol. The van der Waals surface area contributed by atoms with Crippen LogP contribution in [0.15, 0.2) is 36.5 Å². The number of aromatic carboxylic acids is 1. The number of aryl methyl sites for hydroxylation is 1. The number of carbonyl (C=O) groups is 2. The minimum Gasteiger partial charge on any atom is -0.476 e. The highest BCUT2D eigenvalue weighted by atomic mass is 16.5. The van der Waals surface area contributed by atoms with E-state index in [0.717, 1.165) is 18.4 Å². The summed E-state index contributed by atoms with van der Waals surface area (Å²) in [7, 11) is 0. The van der Waals surface area contributed by atoms with E-state index in [-0.39, 0.29) is 12.3 Å². The molecule has 1 aromatic heterocycles. The number of unbranched alkanes of at least 4 members (excludes halogenated alkanes) is 1. The SMILES string of the molecule is O=C(NCCCCn1cc(C(=O)O)nn1)OCc1ccccc1. The monoisotopic (exact) mass is 318 g/mol. The van der Waals surface area contributed by atoms with Crippen LogP contribution in [-0.4, -0.2) is 38.7 Å². The van der Waals surface area contributed by atoms with E-state index in [1.54, 1.807) is 0 Å². The average molecular weight is 318 g/mol. The molecular weight excluding hydrogens is 300 g/mol. The Kier molecular flexibility index (Phi) is 6.10. The fraction of sp³-hybridized carbons (Fsp3) is 0.333. The molecule has 122 valence electrons. The number of aromatic nitrogens is 3. The van der Waals surface area contributed by atoms with Gasteiger partial charge in [0.05, 0.1) is 6.20 Å². The van der Waals surface area contributed by atoms with Gasteiger partial charge in [0.15, 0.2) is 5.69 Å². The number of ether oxygens (including phenoxy) is 1. The van der Waals surface area contributed by atoms with Crippen molar-refractivity contribution in [1.82, 2.24) is 20.3 Å². The van der Waals surface area contributed by atoms with Crippen LogP contribution in [0.5, 0.6) is 0 Å². The largest absolute Gasteiger partial charge is 0.476 e. The molecule has 0 radical (unpaired) electrons. The van der Waals surface area contributed by atoms with E-state index < -0.39 is 12.1 Å². The van der Waals surface area contributed by atoms with Gasteiger partial charge in [0.1, 0.15) is 6.61 Å². The molecule has 8 nitrogen and oxygen atoms in total. The number of amides is 1. The van der Waals surface area contributed by atoms with Crippen molar-refractivity contribution in [3.8, 4) is 0 Å². The smallest absolute Gasteiger partial charge is 0.407 e. The first-order chi connectivity index (χ1) is 11.1. The van der Waals surface area contributed by atoms with Crippen molar-refractivity contribution in [2.75, 3.05) is 6.54 Å². The molecule has 1 aromatic carbocycles. The molecule has 1 heterocycles. The van der Waals surface area contributed by atoms with Gasteiger partial charge in [-0.2, -0.15) is 0 Å². The minimum absolute atomic E-state index is 0.0763. The van der Waals surface area contributed by atoms with Crippen LogP contribution >= 0.6 is 0 Å². The number of hydrogen-bond donors (Lipinski definition) is 2. The molecule has 0 bridgehead atoms. The number of carboxylic acids is 1. The number of alkyl carbamates (subject to hydrolysis) is 1. The molecule has 0 aliphatic rings. The van der Waals surface area contributed by atoms with Crippen molar-refractivity contribution in [2.45, 2.75) is 26.0 Å². The normalized spacial score (nSPS) is 10.3. The Morgan fingerprint density at radius 3 is 2.70 bits per heavy atom. The highest BCUT2D eigenvalue weighted by molar-refractivity contribution is 5.84. The van der Waals surface area contributed by atoms with E-state index in [2.05, 4.69) is 15.6 Å². The molecule has 2 rings (SSSR count). The van der Waals surface area contributed by atoms with Gasteiger partial charge < -0.3 is 15.2 Å². The Labute approximate surface area is 133 Å². The Balaban J connectivity index is 1.56. The minimum atomic E-state index is -1.10. The maximum absolute atomic E-state index is 11.5. The third-order valence-electron chi connectivity index (χ3n) is 3.05. The van der Waals surface area contributed by atoms with Crippen LogP contribution in [0.2, 0.25) is 0 Å². The highest BCUT2D eigenvalue weighted by Crippen LogP contribution is 2.01. The fourth-order valence-corrected chi connectivity index (χ4v) is 1.87. The molecule has 1 amide bonds. The summed E-state index contributed by atoms with van der Waals surface area (Å²) in [6, 6.07) is 9.44. The van der Waals surface area contributed by atoms with E-state index in [1.807, 2.05) is 30.3 Å². The summed E-state index contributed by atoms with van der Waals surface area (Å²) in [5.74, 6) is -1.10. The molecule has 0 atom stereocenters. The van der Waals surface area contributed by atoms with Crippen LogP contribution < -0.4 is 5.32 Å². The zero-order chi connectivity index (χ0) is 16.5. The quantitative estimate of drug-likeness (QED) is 0.717. The summed E-state index contributed by atoms with van der Waals surface area (Å²) < 4.78 is 6.55. The molecule has 0 saturated heterocycles. The molecule has 0 spiro atoms. The zero-order valence-corrected chi connectivity index (χ0v) is 12.5. The standard InChI is InChI=1S/C15H18N4O4/c20-14(21)13-10-19(18-17-13)9-5-4-8-16-15(22)23-11-12-6-2-1-3-7-12/h1-3,6-7,10H,4-5,8-9,11H2,(H,16,22)(H,20,21). The number of rotatable bonds is 8. The zero-order valence-electron chi connectivity index (χ0n) is 12.5. The van der Waals surface area contributed by atoms with Crippen LogP contribution in [-0.2, 0) is 17.9 Å². The van der Waals surface area contributed by atoms with Crippen molar-refractivity contribution in [3.05, 3.63) is 47.8 Å². The van der Waals surface area contributed by atoms with E-state index in [9.17, 15) is 9.59 Å². The number of hydrogen-bond acceptors (Lipinski definition) is 5. The Bertz CT molecular complexity index is 642. The Morgan fingerprint density at radius 1 is 1.22 bits per heavy atom. The van der Waals surface area contributed by atoms with E-state index in [1.165, 1.54) is 10.9 Å². The number of carbonyl (C=O) groups excluding carboxylic acids is 1. The summed E-state index contributed by atoms with van der Waals surface area (Å²) in [6.07, 6.45) is 2.39. The van der Waals surface area contributed by atoms with Gasteiger partial charge in [-0.25, -0.2) is 9.59 Å². The number of nitrogens with one attached hydrogen (secondary N) is 1. The molecule has 0 fully saturated rings. The first-order valence-electron chi connectivity index (χ1n) is 7.23.